The second-order valence-electron chi connectivity index (χ2n) is 3.87. The van der Waals surface area contributed by atoms with Crippen molar-refractivity contribution in [3.63, 3.8) is 0 Å². The van der Waals surface area contributed by atoms with Gasteiger partial charge in [0.2, 0.25) is 0 Å². The van der Waals surface area contributed by atoms with E-state index < -0.39 is 0 Å². The fourth-order valence-electron chi connectivity index (χ4n) is 1.77. The lowest BCUT2D eigenvalue weighted by Gasteiger charge is -2.06. The Labute approximate surface area is 101 Å². The number of methoxy groups -OCH3 is 1. The van der Waals surface area contributed by atoms with Crippen LogP contribution < -0.4 is 4.74 Å². The molecule has 0 fully saturated rings. The summed E-state index contributed by atoms with van der Waals surface area (Å²) in [5.41, 5.74) is 3.90. The summed E-state index contributed by atoms with van der Waals surface area (Å²) in [4.78, 5) is 0. The number of nitrogens with zero attached hydrogens (tertiary/aromatic N) is 1. The van der Waals surface area contributed by atoms with E-state index in [9.17, 15) is 0 Å². The topological polar surface area (TPSA) is 33.0 Å². The Bertz CT molecular complexity index is 582. The molecule has 0 amide bonds. The number of aryl methyl sites for hydroxylation is 1. The number of hydrogen-bond donors (Lipinski definition) is 0. The van der Waals surface area contributed by atoms with Crippen molar-refractivity contribution in [3.8, 4) is 22.9 Å². The summed E-state index contributed by atoms with van der Waals surface area (Å²) in [6, 6.07) is 15.9. The van der Waals surface area contributed by atoms with Gasteiger partial charge in [0.15, 0.2) is 0 Å². The molecule has 2 heteroatoms. The standard InChI is InChI=1S/C15H13NO/c1-11-8-13(6-7-14(11)10-16)12-4-3-5-15(9-12)17-2/h3-9H,1-2H3. The summed E-state index contributed by atoms with van der Waals surface area (Å²) >= 11 is 0. The van der Waals surface area contributed by atoms with E-state index >= 15 is 0 Å². The fourth-order valence-corrected chi connectivity index (χ4v) is 1.77. The van der Waals surface area contributed by atoms with Gasteiger partial charge in [0.05, 0.1) is 18.7 Å². The molecule has 0 aliphatic carbocycles. The molecule has 0 radical (unpaired) electrons. The van der Waals surface area contributed by atoms with Gasteiger partial charge in [0.1, 0.15) is 5.75 Å². The van der Waals surface area contributed by atoms with Crippen molar-refractivity contribution in [1.29, 1.82) is 5.26 Å². The lowest BCUT2D eigenvalue weighted by molar-refractivity contribution is 0.415. The van der Waals surface area contributed by atoms with Crippen LogP contribution in [0, 0.1) is 18.3 Å². The van der Waals surface area contributed by atoms with Gasteiger partial charge in [0.25, 0.3) is 0 Å². The van der Waals surface area contributed by atoms with Crippen LogP contribution in [0.15, 0.2) is 42.5 Å². The Balaban J connectivity index is 2.46. The second kappa shape index (κ2) is 4.71. The number of ether oxygens (including phenoxy) is 1. The Morgan fingerprint density at radius 1 is 1.06 bits per heavy atom. The van der Waals surface area contributed by atoms with E-state index in [2.05, 4.69) is 6.07 Å². The van der Waals surface area contributed by atoms with Gasteiger partial charge in [-0.05, 0) is 41.8 Å². The molecule has 0 aliphatic heterocycles. The first kappa shape index (κ1) is 11.2. The highest BCUT2D eigenvalue weighted by Gasteiger charge is 2.02. The number of benzene rings is 2. The average Bonchev–Trinajstić information content (AvgIpc) is 2.38. The zero-order valence-electron chi connectivity index (χ0n) is 9.90. The molecular weight excluding hydrogens is 210 g/mol. The molecule has 0 heterocycles. The first-order chi connectivity index (χ1) is 8.24. The maximum absolute atomic E-state index is 8.89. The van der Waals surface area contributed by atoms with Crippen LogP contribution in [0.3, 0.4) is 0 Å². The summed E-state index contributed by atoms with van der Waals surface area (Å²) in [6.45, 7) is 1.95. The first-order valence-corrected chi connectivity index (χ1v) is 5.40. The van der Waals surface area contributed by atoms with Crippen LogP contribution >= 0.6 is 0 Å². The smallest absolute Gasteiger partial charge is 0.119 e. The summed E-state index contributed by atoms with van der Waals surface area (Å²) in [7, 11) is 1.66. The van der Waals surface area contributed by atoms with Crippen LogP contribution in [0.25, 0.3) is 11.1 Å². The lowest BCUT2D eigenvalue weighted by Crippen LogP contribution is -1.86. The largest absolute Gasteiger partial charge is 0.497 e. The van der Waals surface area contributed by atoms with Crippen molar-refractivity contribution >= 4 is 0 Å². The summed E-state index contributed by atoms with van der Waals surface area (Å²) in [5, 5.41) is 8.89. The highest BCUT2D eigenvalue weighted by molar-refractivity contribution is 5.67. The van der Waals surface area contributed by atoms with Crippen molar-refractivity contribution in [2.75, 3.05) is 7.11 Å². The highest BCUT2D eigenvalue weighted by atomic mass is 16.5. The zero-order valence-corrected chi connectivity index (χ0v) is 9.90. The third kappa shape index (κ3) is 2.29. The predicted octanol–water partition coefficient (Wildman–Crippen LogP) is 3.54. The fraction of sp³-hybridized carbons (Fsp3) is 0.133. The lowest BCUT2D eigenvalue weighted by atomic mass is 10.0. The van der Waals surface area contributed by atoms with Gasteiger partial charge in [-0.15, -0.1) is 0 Å². The predicted molar refractivity (Wildman–Crippen MR) is 67.9 cm³/mol. The molecule has 2 aromatic carbocycles. The van der Waals surface area contributed by atoms with E-state index in [0.717, 1.165) is 28.0 Å². The monoisotopic (exact) mass is 223 g/mol. The number of rotatable bonds is 2. The highest BCUT2D eigenvalue weighted by Crippen LogP contribution is 2.25. The minimum atomic E-state index is 0.719. The Morgan fingerprint density at radius 3 is 2.47 bits per heavy atom. The van der Waals surface area contributed by atoms with Crippen LogP contribution in [0.2, 0.25) is 0 Å². The third-order valence-electron chi connectivity index (χ3n) is 2.75. The molecule has 0 atom stereocenters. The molecule has 2 rings (SSSR count). The first-order valence-electron chi connectivity index (χ1n) is 5.40. The normalized spacial score (nSPS) is 9.71. The van der Waals surface area contributed by atoms with E-state index in [1.807, 2.05) is 49.4 Å². The Morgan fingerprint density at radius 2 is 1.82 bits per heavy atom. The molecule has 0 aliphatic rings. The molecule has 2 aromatic rings. The quantitative estimate of drug-likeness (QED) is 0.780. The summed E-state index contributed by atoms with van der Waals surface area (Å²) < 4.78 is 5.20. The van der Waals surface area contributed by atoms with Crippen molar-refractivity contribution < 1.29 is 4.74 Å². The number of hydrogen-bond acceptors (Lipinski definition) is 2. The van der Waals surface area contributed by atoms with Gasteiger partial charge < -0.3 is 4.74 Å². The molecule has 0 N–H and O–H groups in total. The van der Waals surface area contributed by atoms with Crippen LogP contribution in [0.4, 0.5) is 0 Å². The van der Waals surface area contributed by atoms with Crippen LogP contribution in [0.1, 0.15) is 11.1 Å². The van der Waals surface area contributed by atoms with Crippen molar-refractivity contribution in [3.05, 3.63) is 53.6 Å². The molecule has 0 aromatic heterocycles. The minimum absolute atomic E-state index is 0.719. The summed E-state index contributed by atoms with van der Waals surface area (Å²) in [5.74, 6) is 0.838. The van der Waals surface area contributed by atoms with E-state index in [0.29, 0.717) is 0 Å². The molecule has 84 valence electrons. The molecule has 0 saturated carbocycles. The van der Waals surface area contributed by atoms with Crippen LogP contribution in [-0.4, -0.2) is 7.11 Å². The Kier molecular flexibility index (Phi) is 3.11. The van der Waals surface area contributed by atoms with Crippen LogP contribution in [0.5, 0.6) is 5.75 Å². The van der Waals surface area contributed by atoms with Crippen LogP contribution in [-0.2, 0) is 0 Å². The molecule has 2 nitrogen and oxygen atoms in total. The van der Waals surface area contributed by atoms with E-state index in [1.54, 1.807) is 7.11 Å². The maximum atomic E-state index is 8.89. The Hall–Kier alpha value is -2.27. The van der Waals surface area contributed by atoms with E-state index in [4.69, 9.17) is 10.00 Å². The van der Waals surface area contributed by atoms with Gasteiger partial charge in [-0.3, -0.25) is 0 Å². The minimum Gasteiger partial charge on any atom is -0.497 e. The van der Waals surface area contributed by atoms with Gasteiger partial charge in [0, 0.05) is 0 Å². The second-order valence-corrected chi connectivity index (χ2v) is 3.87. The molecule has 17 heavy (non-hydrogen) atoms. The van der Waals surface area contributed by atoms with Gasteiger partial charge in [-0.25, -0.2) is 0 Å². The number of nitriles is 1. The molecular formula is C15H13NO. The van der Waals surface area contributed by atoms with Gasteiger partial charge >= 0.3 is 0 Å². The van der Waals surface area contributed by atoms with Crippen molar-refractivity contribution in [1.82, 2.24) is 0 Å². The molecule has 0 bridgehead atoms. The van der Waals surface area contributed by atoms with E-state index in [-0.39, 0.29) is 0 Å². The molecule has 0 unspecified atom stereocenters. The molecule has 0 spiro atoms. The van der Waals surface area contributed by atoms with Gasteiger partial charge in [-0.2, -0.15) is 5.26 Å². The third-order valence-corrected chi connectivity index (χ3v) is 2.75. The van der Waals surface area contributed by atoms with E-state index in [1.165, 1.54) is 0 Å². The van der Waals surface area contributed by atoms with Gasteiger partial charge in [-0.1, -0.05) is 24.3 Å². The zero-order chi connectivity index (χ0) is 12.3. The summed E-state index contributed by atoms with van der Waals surface area (Å²) in [6.07, 6.45) is 0. The average molecular weight is 223 g/mol. The van der Waals surface area contributed by atoms with Crippen molar-refractivity contribution in [2.45, 2.75) is 6.92 Å². The van der Waals surface area contributed by atoms with Crippen molar-refractivity contribution in [2.24, 2.45) is 0 Å². The maximum Gasteiger partial charge on any atom is 0.119 e. The molecule has 0 saturated heterocycles. The SMILES string of the molecule is COc1cccc(-c2ccc(C#N)c(C)c2)c1.